The van der Waals surface area contributed by atoms with Gasteiger partial charge in [0.05, 0.1) is 11.4 Å². The average molecular weight is 263 g/mol. The van der Waals surface area contributed by atoms with E-state index in [-0.39, 0.29) is 0 Å². The molecule has 1 aromatic heterocycles. The Hall–Kier alpha value is -2.39. The van der Waals surface area contributed by atoms with Gasteiger partial charge in [-0.05, 0) is 19.2 Å². The highest BCUT2D eigenvalue weighted by atomic mass is 15.3. The summed E-state index contributed by atoms with van der Waals surface area (Å²) in [7, 11) is 1.95. The van der Waals surface area contributed by atoms with Gasteiger partial charge in [-0.3, -0.25) is 0 Å². The van der Waals surface area contributed by atoms with Crippen molar-refractivity contribution in [3.63, 3.8) is 0 Å². The van der Waals surface area contributed by atoms with Gasteiger partial charge >= 0.3 is 0 Å². The van der Waals surface area contributed by atoms with Gasteiger partial charge in [-0.1, -0.05) is 48.5 Å². The number of nitrogens with one attached hydrogen (secondary N) is 1. The Kier molecular flexibility index (Phi) is 3.61. The van der Waals surface area contributed by atoms with Crippen molar-refractivity contribution >= 4 is 0 Å². The number of hydrogen-bond donors (Lipinski definition) is 1. The van der Waals surface area contributed by atoms with E-state index in [9.17, 15) is 0 Å². The van der Waals surface area contributed by atoms with Crippen molar-refractivity contribution in [3.05, 3.63) is 72.4 Å². The maximum Gasteiger partial charge on any atom is 0.0972 e. The van der Waals surface area contributed by atoms with E-state index in [1.165, 1.54) is 5.56 Å². The zero-order valence-electron chi connectivity index (χ0n) is 11.5. The second kappa shape index (κ2) is 5.72. The van der Waals surface area contributed by atoms with Crippen LogP contribution in [0.3, 0.4) is 0 Å². The molecule has 20 heavy (non-hydrogen) atoms. The quantitative estimate of drug-likeness (QED) is 0.783. The van der Waals surface area contributed by atoms with Gasteiger partial charge in [0.2, 0.25) is 0 Å². The maximum atomic E-state index is 4.75. The first-order valence-electron chi connectivity index (χ1n) is 6.72. The third-order valence-corrected chi connectivity index (χ3v) is 3.23. The predicted molar refractivity (Wildman–Crippen MR) is 81.8 cm³/mol. The van der Waals surface area contributed by atoms with Crippen LogP contribution < -0.4 is 5.32 Å². The van der Waals surface area contributed by atoms with E-state index >= 15 is 0 Å². The van der Waals surface area contributed by atoms with E-state index in [1.54, 1.807) is 0 Å². The van der Waals surface area contributed by atoms with Crippen LogP contribution in [0, 0.1) is 0 Å². The largest absolute Gasteiger partial charge is 0.316 e. The number of benzene rings is 2. The molecule has 0 saturated carbocycles. The molecular formula is C17H17N3. The van der Waals surface area contributed by atoms with Gasteiger partial charge in [0, 0.05) is 23.9 Å². The maximum absolute atomic E-state index is 4.75. The summed E-state index contributed by atoms with van der Waals surface area (Å²) in [5, 5.41) is 7.95. The summed E-state index contributed by atoms with van der Waals surface area (Å²) in [5.41, 5.74) is 4.45. The minimum absolute atomic E-state index is 0.803. The molecule has 0 fully saturated rings. The Morgan fingerprint density at radius 2 is 1.60 bits per heavy atom. The summed E-state index contributed by atoms with van der Waals surface area (Å²) in [6.07, 6.45) is 2.09. The molecular weight excluding hydrogens is 246 g/mol. The fourth-order valence-corrected chi connectivity index (χ4v) is 2.28. The molecule has 0 bridgehead atoms. The van der Waals surface area contributed by atoms with Gasteiger partial charge < -0.3 is 5.32 Å². The lowest BCUT2D eigenvalue weighted by Crippen LogP contribution is -2.05. The lowest BCUT2D eigenvalue weighted by Gasteiger charge is -2.01. The standard InChI is InChI=1S/C17H17N3/c1-18-12-15-13-20(16-10-6-3-7-11-16)19-17(15)14-8-4-2-5-9-14/h2-11,13,18H,12H2,1H3. The molecule has 0 aliphatic rings. The second-order valence-corrected chi connectivity index (χ2v) is 4.68. The number of hydrogen-bond acceptors (Lipinski definition) is 2. The van der Waals surface area contributed by atoms with E-state index in [1.807, 2.05) is 48.1 Å². The number of nitrogens with zero attached hydrogens (tertiary/aromatic N) is 2. The van der Waals surface area contributed by atoms with E-state index < -0.39 is 0 Å². The van der Waals surface area contributed by atoms with E-state index in [0.29, 0.717) is 0 Å². The Morgan fingerprint density at radius 3 is 2.25 bits per heavy atom. The van der Waals surface area contributed by atoms with Gasteiger partial charge in [0.15, 0.2) is 0 Å². The van der Waals surface area contributed by atoms with Crippen LogP contribution >= 0.6 is 0 Å². The molecule has 0 spiro atoms. The number of rotatable bonds is 4. The van der Waals surface area contributed by atoms with Crippen LogP contribution in [0.1, 0.15) is 5.56 Å². The van der Waals surface area contributed by atoms with Crippen molar-refractivity contribution in [3.8, 4) is 16.9 Å². The minimum atomic E-state index is 0.803. The van der Waals surface area contributed by atoms with Crippen molar-refractivity contribution < 1.29 is 0 Å². The summed E-state index contributed by atoms with van der Waals surface area (Å²) in [5.74, 6) is 0. The average Bonchev–Trinajstić information content (AvgIpc) is 2.94. The van der Waals surface area contributed by atoms with Crippen LogP contribution in [0.4, 0.5) is 0 Å². The smallest absolute Gasteiger partial charge is 0.0972 e. The zero-order chi connectivity index (χ0) is 13.8. The van der Waals surface area contributed by atoms with Crippen LogP contribution in [-0.4, -0.2) is 16.8 Å². The molecule has 100 valence electrons. The van der Waals surface area contributed by atoms with Crippen LogP contribution in [0.2, 0.25) is 0 Å². The third kappa shape index (κ3) is 2.49. The molecule has 1 heterocycles. The van der Waals surface area contributed by atoms with Crippen molar-refractivity contribution in [2.75, 3.05) is 7.05 Å². The molecule has 0 aliphatic carbocycles. The lowest BCUT2D eigenvalue weighted by molar-refractivity contribution is 0.817. The van der Waals surface area contributed by atoms with Crippen LogP contribution in [-0.2, 0) is 6.54 Å². The van der Waals surface area contributed by atoms with Gasteiger partial charge in [-0.15, -0.1) is 0 Å². The molecule has 0 saturated heterocycles. The lowest BCUT2D eigenvalue weighted by atomic mass is 10.1. The van der Waals surface area contributed by atoms with Gasteiger partial charge in [-0.25, -0.2) is 4.68 Å². The molecule has 0 unspecified atom stereocenters. The highest BCUT2D eigenvalue weighted by Gasteiger charge is 2.11. The Balaban J connectivity index is 2.08. The van der Waals surface area contributed by atoms with Crippen molar-refractivity contribution in [1.29, 1.82) is 0 Å². The molecule has 1 N–H and O–H groups in total. The Morgan fingerprint density at radius 1 is 0.950 bits per heavy atom. The first-order valence-corrected chi connectivity index (χ1v) is 6.72. The zero-order valence-corrected chi connectivity index (χ0v) is 11.5. The van der Waals surface area contributed by atoms with Crippen molar-refractivity contribution in [1.82, 2.24) is 15.1 Å². The molecule has 2 aromatic carbocycles. The monoisotopic (exact) mass is 263 g/mol. The Bertz CT molecular complexity index is 672. The van der Waals surface area contributed by atoms with Crippen LogP contribution in [0.5, 0.6) is 0 Å². The van der Waals surface area contributed by atoms with Crippen LogP contribution in [0.25, 0.3) is 16.9 Å². The molecule has 0 amide bonds. The molecule has 3 rings (SSSR count). The third-order valence-electron chi connectivity index (χ3n) is 3.23. The highest BCUT2D eigenvalue weighted by Crippen LogP contribution is 2.23. The number of para-hydroxylation sites is 1. The van der Waals surface area contributed by atoms with Gasteiger partial charge in [0.1, 0.15) is 0 Å². The topological polar surface area (TPSA) is 29.9 Å². The van der Waals surface area contributed by atoms with Crippen LogP contribution in [0.15, 0.2) is 66.9 Å². The van der Waals surface area contributed by atoms with Crippen molar-refractivity contribution in [2.45, 2.75) is 6.54 Å². The molecule has 0 atom stereocenters. The van der Waals surface area contributed by atoms with E-state index in [2.05, 4.69) is 35.8 Å². The minimum Gasteiger partial charge on any atom is -0.316 e. The summed E-state index contributed by atoms with van der Waals surface area (Å²) < 4.78 is 1.94. The first-order chi connectivity index (χ1) is 9.88. The normalized spacial score (nSPS) is 10.7. The Labute approximate surface area is 118 Å². The molecule has 3 aromatic rings. The summed E-state index contributed by atoms with van der Waals surface area (Å²) in [6, 6.07) is 20.5. The molecule has 3 nitrogen and oxygen atoms in total. The number of aromatic nitrogens is 2. The predicted octanol–water partition coefficient (Wildman–Crippen LogP) is 3.26. The first kappa shape index (κ1) is 12.6. The fourth-order valence-electron chi connectivity index (χ4n) is 2.28. The summed E-state index contributed by atoms with van der Waals surface area (Å²) in [6.45, 7) is 0.803. The van der Waals surface area contributed by atoms with Gasteiger partial charge in [-0.2, -0.15) is 5.10 Å². The SMILES string of the molecule is CNCc1cn(-c2ccccc2)nc1-c1ccccc1. The highest BCUT2D eigenvalue weighted by molar-refractivity contribution is 5.63. The molecule has 0 radical (unpaired) electrons. The molecule has 0 aliphatic heterocycles. The van der Waals surface area contributed by atoms with E-state index in [0.717, 1.165) is 23.5 Å². The second-order valence-electron chi connectivity index (χ2n) is 4.68. The van der Waals surface area contributed by atoms with Gasteiger partial charge in [0.25, 0.3) is 0 Å². The summed E-state index contributed by atoms with van der Waals surface area (Å²) >= 11 is 0. The van der Waals surface area contributed by atoms with Crippen molar-refractivity contribution in [2.24, 2.45) is 0 Å². The summed E-state index contributed by atoms with van der Waals surface area (Å²) in [4.78, 5) is 0. The molecule has 3 heteroatoms. The fraction of sp³-hybridized carbons (Fsp3) is 0.118. The van der Waals surface area contributed by atoms with E-state index in [4.69, 9.17) is 5.10 Å².